The number of Topliss-reactive ketones (excluding diaryl/α,β-unsaturated/α-hetero) is 3. The highest BCUT2D eigenvalue weighted by Crippen LogP contribution is 2.11. The number of ketones is 3. The van der Waals surface area contributed by atoms with Crippen molar-refractivity contribution >= 4 is 17.3 Å². The fourth-order valence-electron chi connectivity index (χ4n) is 2.87. The van der Waals surface area contributed by atoms with Gasteiger partial charge in [-0.3, -0.25) is 14.4 Å². The van der Waals surface area contributed by atoms with Gasteiger partial charge in [-0.25, -0.2) is 15.0 Å². The number of carbonyl (C=O) groups is 3. The fraction of sp³-hybridized carbons (Fsp3) is 0.714. The quantitative estimate of drug-likeness (QED) is 0.359. The van der Waals surface area contributed by atoms with Crippen LogP contribution in [0, 0.1) is 0 Å². The Morgan fingerprint density at radius 3 is 1.03 bits per heavy atom. The lowest BCUT2D eigenvalue weighted by atomic mass is 10.0. The molecule has 0 aromatic carbocycles. The van der Waals surface area contributed by atoms with E-state index in [-0.39, 0.29) is 17.5 Å². The summed E-state index contributed by atoms with van der Waals surface area (Å²) in [4.78, 5) is 50.2. The Balaban J connectivity index is 3.28. The smallest absolute Gasteiger partial charge is 0.216 e. The number of carbonyl (C=O) groups excluding carboxylic acids is 3. The predicted molar refractivity (Wildman–Crippen MR) is 115 cm³/mol. The van der Waals surface area contributed by atoms with Crippen LogP contribution < -0.4 is 17.2 Å². The van der Waals surface area contributed by atoms with Gasteiger partial charge in [0.2, 0.25) is 34.8 Å². The normalized spacial score (nSPS) is 14.2. The molecule has 0 aliphatic heterocycles. The van der Waals surface area contributed by atoms with Crippen molar-refractivity contribution in [1.82, 2.24) is 15.0 Å². The highest BCUT2D eigenvalue weighted by atomic mass is 16.1. The van der Waals surface area contributed by atoms with Crippen LogP contribution >= 0.6 is 0 Å². The highest BCUT2D eigenvalue weighted by Gasteiger charge is 2.28. The summed E-state index contributed by atoms with van der Waals surface area (Å²) in [5.41, 5.74) is 17.9. The van der Waals surface area contributed by atoms with Gasteiger partial charge in [0.05, 0.1) is 18.1 Å². The van der Waals surface area contributed by atoms with E-state index in [1.54, 1.807) is 0 Å². The molecule has 3 unspecified atom stereocenters. The number of hydrogen-bond acceptors (Lipinski definition) is 9. The molecule has 3 atom stereocenters. The maximum atomic E-state index is 12.7. The molecule has 0 aliphatic rings. The average molecular weight is 421 g/mol. The van der Waals surface area contributed by atoms with Crippen molar-refractivity contribution in [3.05, 3.63) is 17.5 Å². The van der Waals surface area contributed by atoms with Gasteiger partial charge in [-0.2, -0.15) is 0 Å². The molecule has 1 heterocycles. The first-order chi connectivity index (χ1) is 14.3. The number of rotatable bonds is 15. The van der Waals surface area contributed by atoms with Gasteiger partial charge in [0, 0.05) is 0 Å². The molecule has 0 spiro atoms. The minimum absolute atomic E-state index is 0.286. The van der Waals surface area contributed by atoms with E-state index < -0.39 is 35.5 Å². The Hall–Kier alpha value is -2.10. The predicted octanol–water partition coefficient (Wildman–Crippen LogP) is 1.97. The van der Waals surface area contributed by atoms with Crippen LogP contribution in [0.4, 0.5) is 0 Å². The van der Waals surface area contributed by atoms with Gasteiger partial charge in [-0.05, 0) is 19.3 Å². The summed E-state index contributed by atoms with van der Waals surface area (Å²) < 4.78 is 0. The molecule has 0 bridgehead atoms. The maximum Gasteiger partial charge on any atom is 0.216 e. The standard InChI is InChI=1S/C21H36N6O3/c1-4-7-10-13(22)16(28)19-25-20(17(29)14(23)11-8-5-2)27-21(26-19)18(30)15(24)12-9-6-3/h13-15H,4-12,22-24H2,1-3H3. The highest BCUT2D eigenvalue weighted by molar-refractivity contribution is 6.03. The van der Waals surface area contributed by atoms with Gasteiger partial charge in [0.15, 0.2) is 0 Å². The molecule has 0 aliphatic carbocycles. The summed E-state index contributed by atoms with van der Waals surface area (Å²) in [6, 6.07) is -2.46. The Labute approximate surface area is 178 Å². The minimum atomic E-state index is -0.819. The molecule has 0 saturated carbocycles. The Morgan fingerprint density at radius 1 is 0.600 bits per heavy atom. The van der Waals surface area contributed by atoms with Crippen LogP contribution in [0.15, 0.2) is 0 Å². The molecule has 168 valence electrons. The summed E-state index contributed by atoms with van der Waals surface area (Å²) in [6.45, 7) is 5.97. The molecule has 0 fully saturated rings. The molecule has 30 heavy (non-hydrogen) atoms. The van der Waals surface area contributed by atoms with Crippen molar-refractivity contribution in [1.29, 1.82) is 0 Å². The van der Waals surface area contributed by atoms with Crippen molar-refractivity contribution < 1.29 is 14.4 Å². The van der Waals surface area contributed by atoms with E-state index in [9.17, 15) is 14.4 Å². The van der Waals surface area contributed by atoms with Crippen molar-refractivity contribution in [3.8, 4) is 0 Å². The zero-order chi connectivity index (χ0) is 22.7. The zero-order valence-electron chi connectivity index (χ0n) is 18.4. The SMILES string of the molecule is CCCCC(N)C(=O)c1nc(C(=O)C(N)CCCC)nc(C(=O)C(N)CCCC)n1. The molecule has 1 aromatic rings. The minimum Gasteiger partial charge on any atom is -0.321 e. The maximum absolute atomic E-state index is 12.7. The summed E-state index contributed by atoms with van der Waals surface area (Å²) in [5.74, 6) is -2.45. The van der Waals surface area contributed by atoms with Crippen molar-refractivity contribution in [3.63, 3.8) is 0 Å². The summed E-state index contributed by atoms with van der Waals surface area (Å²) in [5, 5.41) is 0. The van der Waals surface area contributed by atoms with Gasteiger partial charge < -0.3 is 17.2 Å². The van der Waals surface area contributed by atoms with E-state index in [2.05, 4.69) is 15.0 Å². The first-order valence-corrected chi connectivity index (χ1v) is 10.9. The summed E-state index contributed by atoms with van der Waals surface area (Å²) in [6.07, 6.45) is 6.30. The molecule has 0 amide bonds. The Morgan fingerprint density at radius 2 is 0.833 bits per heavy atom. The average Bonchev–Trinajstić information content (AvgIpc) is 2.77. The summed E-state index contributed by atoms with van der Waals surface area (Å²) >= 11 is 0. The molecule has 0 saturated heterocycles. The first-order valence-electron chi connectivity index (χ1n) is 10.9. The lowest BCUT2D eigenvalue weighted by Crippen LogP contribution is -2.37. The third-order valence-corrected chi connectivity index (χ3v) is 4.91. The third-order valence-electron chi connectivity index (χ3n) is 4.91. The van der Waals surface area contributed by atoms with Crippen LogP contribution in [-0.4, -0.2) is 50.4 Å². The number of aromatic nitrogens is 3. The number of nitrogens with two attached hydrogens (primary N) is 3. The number of hydrogen-bond donors (Lipinski definition) is 3. The molecule has 9 heteroatoms. The lowest BCUT2D eigenvalue weighted by molar-refractivity contribution is 0.0930. The van der Waals surface area contributed by atoms with E-state index >= 15 is 0 Å². The van der Waals surface area contributed by atoms with Crippen LogP contribution in [0.2, 0.25) is 0 Å². The van der Waals surface area contributed by atoms with Gasteiger partial charge in [0.25, 0.3) is 0 Å². The van der Waals surface area contributed by atoms with Crippen LogP contribution in [0.1, 0.15) is 110 Å². The van der Waals surface area contributed by atoms with Crippen LogP contribution in [-0.2, 0) is 0 Å². The molecule has 9 nitrogen and oxygen atoms in total. The molecule has 1 rings (SSSR count). The molecule has 0 radical (unpaired) electrons. The van der Waals surface area contributed by atoms with Crippen molar-refractivity contribution in [2.45, 2.75) is 96.7 Å². The van der Waals surface area contributed by atoms with E-state index in [1.807, 2.05) is 20.8 Å². The van der Waals surface area contributed by atoms with Gasteiger partial charge in [-0.15, -0.1) is 0 Å². The van der Waals surface area contributed by atoms with Gasteiger partial charge in [0.1, 0.15) is 0 Å². The third kappa shape index (κ3) is 7.62. The summed E-state index contributed by atoms with van der Waals surface area (Å²) in [7, 11) is 0. The second kappa shape index (κ2) is 13.3. The topological polar surface area (TPSA) is 168 Å². The van der Waals surface area contributed by atoms with Crippen LogP contribution in [0.3, 0.4) is 0 Å². The van der Waals surface area contributed by atoms with Crippen molar-refractivity contribution in [2.75, 3.05) is 0 Å². The second-order valence-corrected chi connectivity index (χ2v) is 7.65. The second-order valence-electron chi connectivity index (χ2n) is 7.65. The van der Waals surface area contributed by atoms with E-state index in [4.69, 9.17) is 17.2 Å². The van der Waals surface area contributed by atoms with Gasteiger partial charge in [-0.1, -0.05) is 59.3 Å². The number of unbranched alkanes of at least 4 members (excludes halogenated alkanes) is 3. The largest absolute Gasteiger partial charge is 0.321 e. The first kappa shape index (κ1) is 25.9. The van der Waals surface area contributed by atoms with Crippen LogP contribution in [0.5, 0.6) is 0 Å². The molecule has 6 N–H and O–H groups in total. The molecular formula is C21H36N6O3. The lowest BCUT2D eigenvalue weighted by Gasteiger charge is -2.14. The fourth-order valence-corrected chi connectivity index (χ4v) is 2.87. The molecule has 1 aromatic heterocycles. The van der Waals surface area contributed by atoms with E-state index in [0.717, 1.165) is 38.5 Å². The van der Waals surface area contributed by atoms with Crippen molar-refractivity contribution in [2.24, 2.45) is 17.2 Å². The number of nitrogens with zero attached hydrogens (tertiary/aromatic N) is 3. The van der Waals surface area contributed by atoms with Crippen LogP contribution in [0.25, 0.3) is 0 Å². The van der Waals surface area contributed by atoms with Gasteiger partial charge >= 0.3 is 0 Å². The Bertz CT molecular complexity index is 617. The van der Waals surface area contributed by atoms with E-state index in [1.165, 1.54) is 0 Å². The Kier molecular flexibility index (Phi) is 11.5. The van der Waals surface area contributed by atoms with E-state index in [0.29, 0.717) is 19.3 Å². The monoisotopic (exact) mass is 420 g/mol. The molecular weight excluding hydrogens is 384 g/mol. The zero-order valence-corrected chi connectivity index (χ0v) is 18.4.